The van der Waals surface area contributed by atoms with Crippen molar-refractivity contribution in [3.63, 3.8) is 0 Å². The highest BCUT2D eigenvalue weighted by Gasteiger charge is 2.39. The van der Waals surface area contributed by atoms with Crippen LogP contribution in [0.4, 0.5) is 0 Å². The molecule has 2 aromatic rings. The second-order valence-corrected chi connectivity index (χ2v) is 7.73. The molecule has 0 bridgehead atoms. The van der Waals surface area contributed by atoms with Crippen molar-refractivity contribution >= 4 is 5.91 Å². The minimum atomic E-state index is -0.236. The third-order valence-electron chi connectivity index (χ3n) is 5.68. The Labute approximate surface area is 167 Å². The summed E-state index contributed by atoms with van der Waals surface area (Å²) >= 11 is 0. The van der Waals surface area contributed by atoms with Crippen LogP contribution in [-0.4, -0.2) is 32.0 Å². The molecule has 0 saturated carbocycles. The Morgan fingerprint density at radius 3 is 2.61 bits per heavy atom. The normalized spacial score (nSPS) is 17.0. The number of aromatic nitrogens is 2. The van der Waals surface area contributed by atoms with E-state index in [4.69, 9.17) is 0 Å². The lowest BCUT2D eigenvalue weighted by Crippen LogP contribution is -2.32. The van der Waals surface area contributed by atoms with Crippen LogP contribution in [0.2, 0.25) is 0 Å². The molecule has 1 N–H and O–H groups in total. The SMILES string of the molecule is CCCCCC1=C(O)C(=O)N(CCCn2ccnc2)[C@@H]1c1ccc(C)c(C)c1. The van der Waals surface area contributed by atoms with Crippen LogP contribution in [0, 0.1) is 13.8 Å². The second kappa shape index (κ2) is 9.09. The summed E-state index contributed by atoms with van der Waals surface area (Å²) < 4.78 is 2.01. The first-order valence-corrected chi connectivity index (χ1v) is 10.3. The number of amides is 1. The Bertz CT molecular complexity index is 840. The number of imidazole rings is 1. The van der Waals surface area contributed by atoms with E-state index in [1.165, 1.54) is 11.1 Å². The van der Waals surface area contributed by atoms with Crippen molar-refractivity contribution in [3.05, 3.63) is 64.9 Å². The molecular formula is C23H31N3O2. The number of unbranched alkanes of at least 4 members (excludes halogenated alkanes) is 2. The van der Waals surface area contributed by atoms with Crippen molar-refractivity contribution in [2.45, 2.75) is 65.5 Å². The van der Waals surface area contributed by atoms with E-state index in [1.54, 1.807) is 12.5 Å². The third kappa shape index (κ3) is 4.29. The Morgan fingerprint density at radius 1 is 1.11 bits per heavy atom. The summed E-state index contributed by atoms with van der Waals surface area (Å²) in [6.07, 6.45) is 10.3. The lowest BCUT2D eigenvalue weighted by atomic mass is 9.93. The molecule has 1 amide bonds. The molecule has 2 heterocycles. The van der Waals surface area contributed by atoms with Gasteiger partial charge in [-0.1, -0.05) is 38.0 Å². The van der Waals surface area contributed by atoms with Crippen LogP contribution in [-0.2, 0) is 11.3 Å². The number of nitrogens with zero attached hydrogens (tertiary/aromatic N) is 3. The first kappa shape index (κ1) is 20.2. The van der Waals surface area contributed by atoms with Crippen LogP contribution in [0.1, 0.15) is 61.8 Å². The molecule has 150 valence electrons. The van der Waals surface area contributed by atoms with Crippen molar-refractivity contribution in [2.24, 2.45) is 0 Å². The van der Waals surface area contributed by atoms with Crippen LogP contribution in [0.3, 0.4) is 0 Å². The lowest BCUT2D eigenvalue weighted by Gasteiger charge is -2.28. The zero-order valence-electron chi connectivity index (χ0n) is 17.2. The van der Waals surface area contributed by atoms with Gasteiger partial charge in [0.2, 0.25) is 0 Å². The fourth-order valence-electron chi connectivity index (χ4n) is 3.92. The predicted octanol–water partition coefficient (Wildman–Crippen LogP) is 4.87. The molecule has 0 radical (unpaired) electrons. The number of hydrogen-bond acceptors (Lipinski definition) is 3. The van der Waals surface area contributed by atoms with E-state index in [1.807, 2.05) is 15.7 Å². The maximum absolute atomic E-state index is 12.9. The minimum absolute atomic E-state index is 0.0399. The average Bonchev–Trinajstić information content (AvgIpc) is 3.27. The smallest absolute Gasteiger partial charge is 0.289 e. The van der Waals surface area contributed by atoms with Gasteiger partial charge in [0, 0.05) is 31.1 Å². The Kier molecular flexibility index (Phi) is 6.55. The number of hydrogen-bond donors (Lipinski definition) is 1. The molecule has 0 spiro atoms. The van der Waals surface area contributed by atoms with Gasteiger partial charge in [0.05, 0.1) is 12.4 Å². The van der Waals surface area contributed by atoms with Gasteiger partial charge in [-0.15, -0.1) is 0 Å². The van der Waals surface area contributed by atoms with Crippen LogP contribution >= 0.6 is 0 Å². The first-order valence-electron chi connectivity index (χ1n) is 10.3. The van der Waals surface area contributed by atoms with Gasteiger partial charge in [0.25, 0.3) is 5.91 Å². The van der Waals surface area contributed by atoms with Crippen LogP contribution in [0.5, 0.6) is 0 Å². The van der Waals surface area contributed by atoms with E-state index in [0.717, 1.165) is 49.8 Å². The minimum Gasteiger partial charge on any atom is -0.503 e. The average molecular weight is 382 g/mol. The van der Waals surface area contributed by atoms with Crippen molar-refractivity contribution in [1.82, 2.24) is 14.5 Å². The number of aliphatic hydroxyl groups is 1. The zero-order valence-corrected chi connectivity index (χ0v) is 17.2. The number of carbonyl (C=O) groups excluding carboxylic acids is 1. The Hall–Kier alpha value is -2.56. The highest BCUT2D eigenvalue weighted by Crippen LogP contribution is 2.40. The molecular weight excluding hydrogens is 350 g/mol. The van der Waals surface area contributed by atoms with Crippen molar-refractivity contribution < 1.29 is 9.90 Å². The van der Waals surface area contributed by atoms with Gasteiger partial charge in [-0.2, -0.15) is 0 Å². The predicted molar refractivity (Wildman–Crippen MR) is 111 cm³/mol. The molecule has 1 aliphatic heterocycles. The first-order chi connectivity index (χ1) is 13.5. The number of benzene rings is 1. The van der Waals surface area contributed by atoms with E-state index >= 15 is 0 Å². The molecule has 3 rings (SSSR count). The summed E-state index contributed by atoms with van der Waals surface area (Å²) in [7, 11) is 0. The topological polar surface area (TPSA) is 58.4 Å². The fraction of sp³-hybridized carbons (Fsp3) is 0.478. The molecule has 1 aliphatic rings. The fourth-order valence-corrected chi connectivity index (χ4v) is 3.92. The summed E-state index contributed by atoms with van der Waals surface area (Å²) in [5.41, 5.74) is 4.42. The standard InChI is InChI=1S/C23H31N3O2/c1-4-5-6-8-20-21(19-10-9-17(2)18(3)15-19)26(23(28)22(20)27)13-7-12-25-14-11-24-16-25/h9-11,14-16,21,27H,4-8,12-13H2,1-3H3/t21-/m1/s1. The van der Waals surface area contributed by atoms with Gasteiger partial charge in [-0.3, -0.25) is 4.79 Å². The third-order valence-corrected chi connectivity index (χ3v) is 5.68. The number of aryl methyl sites for hydroxylation is 3. The summed E-state index contributed by atoms with van der Waals surface area (Å²) in [6.45, 7) is 7.76. The summed E-state index contributed by atoms with van der Waals surface area (Å²) in [4.78, 5) is 18.8. The van der Waals surface area contributed by atoms with Crippen LogP contribution < -0.4 is 0 Å². The van der Waals surface area contributed by atoms with Crippen molar-refractivity contribution in [2.75, 3.05) is 6.54 Å². The van der Waals surface area contributed by atoms with E-state index in [0.29, 0.717) is 6.54 Å². The monoisotopic (exact) mass is 381 g/mol. The molecule has 1 aromatic carbocycles. The van der Waals surface area contributed by atoms with E-state index < -0.39 is 0 Å². The maximum atomic E-state index is 12.9. The van der Waals surface area contributed by atoms with Gasteiger partial charge in [0.15, 0.2) is 5.76 Å². The summed E-state index contributed by atoms with van der Waals surface area (Å²) in [5, 5.41) is 10.6. The number of aliphatic hydroxyl groups excluding tert-OH is 1. The molecule has 1 aromatic heterocycles. The molecule has 0 fully saturated rings. The lowest BCUT2D eigenvalue weighted by molar-refractivity contribution is -0.129. The number of carbonyl (C=O) groups is 1. The van der Waals surface area contributed by atoms with E-state index in [9.17, 15) is 9.90 Å². The quantitative estimate of drug-likeness (QED) is 0.631. The van der Waals surface area contributed by atoms with Gasteiger partial charge >= 0.3 is 0 Å². The van der Waals surface area contributed by atoms with Gasteiger partial charge in [-0.25, -0.2) is 4.98 Å². The largest absolute Gasteiger partial charge is 0.503 e. The highest BCUT2D eigenvalue weighted by atomic mass is 16.3. The molecule has 28 heavy (non-hydrogen) atoms. The second-order valence-electron chi connectivity index (χ2n) is 7.73. The highest BCUT2D eigenvalue weighted by molar-refractivity contribution is 5.95. The summed E-state index contributed by atoms with van der Waals surface area (Å²) in [6, 6.07) is 6.21. The molecule has 1 atom stereocenters. The van der Waals surface area contributed by atoms with Crippen molar-refractivity contribution in [1.29, 1.82) is 0 Å². The van der Waals surface area contributed by atoms with E-state index in [-0.39, 0.29) is 17.7 Å². The van der Waals surface area contributed by atoms with Gasteiger partial charge in [0.1, 0.15) is 0 Å². The Balaban J connectivity index is 1.83. The zero-order chi connectivity index (χ0) is 20.1. The van der Waals surface area contributed by atoms with Gasteiger partial charge < -0.3 is 14.6 Å². The Morgan fingerprint density at radius 2 is 1.93 bits per heavy atom. The molecule has 0 saturated heterocycles. The van der Waals surface area contributed by atoms with Crippen LogP contribution in [0.15, 0.2) is 48.3 Å². The molecule has 0 aliphatic carbocycles. The molecule has 0 unspecified atom stereocenters. The molecule has 5 nitrogen and oxygen atoms in total. The maximum Gasteiger partial charge on any atom is 0.289 e. The molecule has 5 heteroatoms. The summed E-state index contributed by atoms with van der Waals surface area (Å²) in [5.74, 6) is -0.276. The van der Waals surface area contributed by atoms with Crippen LogP contribution in [0.25, 0.3) is 0 Å². The number of rotatable bonds is 9. The van der Waals surface area contributed by atoms with Crippen molar-refractivity contribution in [3.8, 4) is 0 Å². The van der Waals surface area contributed by atoms with E-state index in [2.05, 4.69) is 44.0 Å². The van der Waals surface area contributed by atoms with Gasteiger partial charge in [-0.05, 0) is 49.8 Å².